The minimum atomic E-state index is 0.398. The van der Waals surface area contributed by atoms with Crippen molar-refractivity contribution in [1.29, 1.82) is 0 Å². The highest BCUT2D eigenvalue weighted by Gasteiger charge is 2.29. The number of hydrogen-bond acceptors (Lipinski definition) is 1. The van der Waals surface area contributed by atoms with Crippen molar-refractivity contribution in [1.82, 2.24) is 0 Å². The van der Waals surface area contributed by atoms with E-state index in [1.807, 2.05) is 0 Å². The fraction of sp³-hybridized carbons (Fsp3) is 0.304. The van der Waals surface area contributed by atoms with Crippen LogP contribution in [0.15, 0.2) is 84.1 Å². The number of aryl methyl sites for hydroxylation is 1. The highest BCUT2D eigenvalue weighted by Crippen LogP contribution is 2.40. The van der Waals surface area contributed by atoms with Crippen molar-refractivity contribution in [3.63, 3.8) is 0 Å². The Kier molecular flexibility index (Phi) is 4.25. The standard InChI is InChI=1S/C23H25N/c1-18-14-16-21(17-15-18)24(20-10-3-2-4-11-20)23-13-7-9-19-8-5-6-12-22(19)23/h2-6,10,12-17,19-20H,7-9,11H2,1H3. The van der Waals surface area contributed by atoms with Crippen LogP contribution in [0.5, 0.6) is 0 Å². The molecule has 1 nitrogen and oxygen atoms in total. The number of anilines is 1. The SMILES string of the molecule is Cc1ccc(N(C2=CCCC3CC=CC=C23)C2C=CC=CC2)cc1. The molecular weight excluding hydrogens is 290 g/mol. The number of fused-ring (bicyclic) bond motifs is 1. The maximum Gasteiger partial charge on any atom is 0.0559 e. The zero-order chi connectivity index (χ0) is 16.4. The Morgan fingerprint density at radius 2 is 1.79 bits per heavy atom. The number of nitrogens with zero attached hydrogens (tertiary/aromatic N) is 1. The van der Waals surface area contributed by atoms with Crippen LogP contribution in [0, 0.1) is 12.8 Å². The van der Waals surface area contributed by atoms with Gasteiger partial charge < -0.3 is 4.90 Å². The molecule has 0 aromatic heterocycles. The minimum absolute atomic E-state index is 0.398. The lowest BCUT2D eigenvalue weighted by molar-refractivity contribution is 0.544. The second-order valence-corrected chi connectivity index (χ2v) is 6.97. The van der Waals surface area contributed by atoms with Crippen LogP contribution in [-0.4, -0.2) is 6.04 Å². The van der Waals surface area contributed by atoms with E-state index < -0.39 is 0 Å². The summed E-state index contributed by atoms with van der Waals surface area (Å²) in [6.45, 7) is 2.15. The molecule has 122 valence electrons. The van der Waals surface area contributed by atoms with Gasteiger partial charge in [0.1, 0.15) is 0 Å². The van der Waals surface area contributed by atoms with E-state index in [1.54, 1.807) is 0 Å². The third-order valence-electron chi connectivity index (χ3n) is 5.28. The van der Waals surface area contributed by atoms with Gasteiger partial charge in [-0.1, -0.05) is 66.3 Å². The molecule has 0 bridgehead atoms. The fourth-order valence-electron chi connectivity index (χ4n) is 4.00. The van der Waals surface area contributed by atoms with Crippen LogP contribution >= 0.6 is 0 Å². The Labute approximate surface area is 145 Å². The molecule has 0 spiro atoms. The first-order chi connectivity index (χ1) is 11.8. The lowest BCUT2D eigenvalue weighted by atomic mass is 9.81. The van der Waals surface area contributed by atoms with Gasteiger partial charge in [-0.2, -0.15) is 0 Å². The third-order valence-corrected chi connectivity index (χ3v) is 5.28. The van der Waals surface area contributed by atoms with Crippen molar-refractivity contribution in [2.45, 2.75) is 38.6 Å². The molecule has 0 N–H and O–H groups in total. The molecule has 0 fully saturated rings. The summed E-state index contributed by atoms with van der Waals surface area (Å²) in [5.74, 6) is 0.686. The first-order valence-corrected chi connectivity index (χ1v) is 9.09. The largest absolute Gasteiger partial charge is 0.334 e. The molecule has 0 saturated heterocycles. The molecule has 0 aliphatic heterocycles. The van der Waals surface area contributed by atoms with Crippen LogP contribution in [0.3, 0.4) is 0 Å². The summed E-state index contributed by atoms with van der Waals surface area (Å²) in [7, 11) is 0. The highest BCUT2D eigenvalue weighted by molar-refractivity contribution is 5.61. The number of hydrogen-bond donors (Lipinski definition) is 0. The minimum Gasteiger partial charge on any atom is -0.334 e. The molecule has 0 amide bonds. The predicted molar refractivity (Wildman–Crippen MR) is 103 cm³/mol. The van der Waals surface area contributed by atoms with E-state index in [0.29, 0.717) is 12.0 Å². The Morgan fingerprint density at radius 3 is 2.58 bits per heavy atom. The van der Waals surface area contributed by atoms with E-state index >= 15 is 0 Å². The smallest absolute Gasteiger partial charge is 0.0559 e. The quantitative estimate of drug-likeness (QED) is 0.674. The number of allylic oxidation sites excluding steroid dienone is 7. The molecule has 1 heteroatoms. The van der Waals surface area contributed by atoms with E-state index in [1.165, 1.54) is 41.8 Å². The van der Waals surface area contributed by atoms with E-state index in [0.717, 1.165) is 6.42 Å². The van der Waals surface area contributed by atoms with Gasteiger partial charge in [-0.05, 0) is 56.2 Å². The summed E-state index contributed by atoms with van der Waals surface area (Å²) < 4.78 is 0. The van der Waals surface area contributed by atoms with Gasteiger partial charge in [-0.3, -0.25) is 0 Å². The van der Waals surface area contributed by atoms with Crippen LogP contribution in [-0.2, 0) is 0 Å². The van der Waals surface area contributed by atoms with Crippen LogP contribution in [0.4, 0.5) is 5.69 Å². The summed E-state index contributed by atoms with van der Waals surface area (Å²) in [5.41, 5.74) is 5.55. The average Bonchev–Trinajstić information content (AvgIpc) is 2.65. The van der Waals surface area contributed by atoms with Crippen molar-refractivity contribution in [3.05, 3.63) is 89.7 Å². The Hall–Kier alpha value is -2.28. The van der Waals surface area contributed by atoms with Crippen LogP contribution in [0.2, 0.25) is 0 Å². The van der Waals surface area contributed by atoms with Crippen LogP contribution in [0.1, 0.15) is 31.2 Å². The van der Waals surface area contributed by atoms with Gasteiger partial charge in [0.2, 0.25) is 0 Å². The van der Waals surface area contributed by atoms with Crippen molar-refractivity contribution < 1.29 is 0 Å². The van der Waals surface area contributed by atoms with Gasteiger partial charge >= 0.3 is 0 Å². The second kappa shape index (κ2) is 6.68. The van der Waals surface area contributed by atoms with Crippen LogP contribution in [0.25, 0.3) is 0 Å². The normalized spacial score (nSPS) is 25.0. The van der Waals surface area contributed by atoms with Gasteiger partial charge in [0.05, 0.1) is 6.04 Å². The van der Waals surface area contributed by atoms with E-state index in [-0.39, 0.29) is 0 Å². The molecule has 1 aromatic carbocycles. The molecule has 2 atom stereocenters. The first-order valence-electron chi connectivity index (χ1n) is 9.09. The summed E-state index contributed by atoms with van der Waals surface area (Å²) >= 11 is 0. The summed E-state index contributed by atoms with van der Waals surface area (Å²) in [4.78, 5) is 2.55. The molecule has 3 aliphatic rings. The molecule has 0 heterocycles. The van der Waals surface area contributed by atoms with E-state index in [4.69, 9.17) is 0 Å². The zero-order valence-electron chi connectivity index (χ0n) is 14.4. The molecule has 24 heavy (non-hydrogen) atoms. The van der Waals surface area contributed by atoms with Gasteiger partial charge in [-0.15, -0.1) is 0 Å². The van der Waals surface area contributed by atoms with Gasteiger partial charge in [-0.25, -0.2) is 0 Å². The Balaban J connectivity index is 1.77. The molecule has 3 aliphatic carbocycles. The molecule has 4 rings (SSSR count). The zero-order valence-corrected chi connectivity index (χ0v) is 14.4. The van der Waals surface area contributed by atoms with Crippen molar-refractivity contribution in [2.24, 2.45) is 5.92 Å². The molecular formula is C23H25N. The average molecular weight is 315 g/mol. The fourth-order valence-corrected chi connectivity index (χ4v) is 4.00. The lowest BCUT2D eigenvalue weighted by Gasteiger charge is -2.39. The molecule has 0 radical (unpaired) electrons. The van der Waals surface area contributed by atoms with Gasteiger partial charge in [0.25, 0.3) is 0 Å². The maximum atomic E-state index is 2.55. The number of rotatable bonds is 3. The van der Waals surface area contributed by atoms with Crippen molar-refractivity contribution in [2.75, 3.05) is 4.90 Å². The van der Waals surface area contributed by atoms with E-state index in [9.17, 15) is 0 Å². The van der Waals surface area contributed by atoms with Gasteiger partial charge in [0, 0.05) is 11.4 Å². The maximum absolute atomic E-state index is 2.55. The van der Waals surface area contributed by atoms with Crippen molar-refractivity contribution >= 4 is 5.69 Å². The van der Waals surface area contributed by atoms with E-state index in [2.05, 4.69) is 84.7 Å². The molecule has 2 unspecified atom stereocenters. The summed E-state index contributed by atoms with van der Waals surface area (Å²) in [6, 6.07) is 9.38. The topological polar surface area (TPSA) is 3.24 Å². The summed E-state index contributed by atoms with van der Waals surface area (Å²) in [5, 5.41) is 0. The first kappa shape index (κ1) is 15.3. The Bertz CT molecular complexity index is 743. The highest BCUT2D eigenvalue weighted by atomic mass is 15.2. The van der Waals surface area contributed by atoms with Crippen LogP contribution < -0.4 is 4.90 Å². The third kappa shape index (κ3) is 2.91. The second-order valence-electron chi connectivity index (χ2n) is 6.97. The lowest BCUT2D eigenvalue weighted by Crippen LogP contribution is -2.36. The predicted octanol–water partition coefficient (Wildman–Crippen LogP) is 5.87. The van der Waals surface area contributed by atoms with Gasteiger partial charge in [0.15, 0.2) is 0 Å². The molecule has 1 aromatic rings. The van der Waals surface area contributed by atoms with Crippen molar-refractivity contribution in [3.8, 4) is 0 Å². The molecule has 0 saturated carbocycles. The number of benzene rings is 1. The Morgan fingerprint density at radius 1 is 0.958 bits per heavy atom. The monoisotopic (exact) mass is 315 g/mol. The summed E-state index contributed by atoms with van der Waals surface area (Å²) in [6.07, 6.45) is 23.0.